The molecule has 3 aromatic carbocycles. The molecule has 0 bridgehead atoms. The SMILES string of the molecule is CCc1ccc(NC(=O)c2ccc3c(c2)nnn3Cc2ccc(F)cc2)cc1. The fraction of sp³-hybridized carbons (Fsp3) is 0.136. The first-order valence-electron chi connectivity index (χ1n) is 9.10. The van der Waals surface area contributed by atoms with Crippen molar-refractivity contribution in [3.8, 4) is 0 Å². The predicted molar refractivity (Wildman–Crippen MR) is 107 cm³/mol. The number of amides is 1. The van der Waals surface area contributed by atoms with Crippen molar-refractivity contribution >= 4 is 22.6 Å². The third kappa shape index (κ3) is 3.76. The number of aromatic nitrogens is 3. The molecule has 28 heavy (non-hydrogen) atoms. The van der Waals surface area contributed by atoms with Gasteiger partial charge in [0.05, 0.1) is 12.1 Å². The van der Waals surface area contributed by atoms with Gasteiger partial charge in [0.2, 0.25) is 0 Å². The Morgan fingerprint density at radius 1 is 1.00 bits per heavy atom. The Morgan fingerprint density at radius 2 is 1.71 bits per heavy atom. The van der Waals surface area contributed by atoms with Crippen LogP contribution in [0.3, 0.4) is 0 Å². The highest BCUT2D eigenvalue weighted by atomic mass is 19.1. The van der Waals surface area contributed by atoms with Gasteiger partial charge in [-0.3, -0.25) is 4.79 Å². The summed E-state index contributed by atoms with van der Waals surface area (Å²) in [7, 11) is 0. The van der Waals surface area contributed by atoms with E-state index in [-0.39, 0.29) is 11.7 Å². The molecule has 0 radical (unpaired) electrons. The van der Waals surface area contributed by atoms with E-state index >= 15 is 0 Å². The topological polar surface area (TPSA) is 59.8 Å². The number of hydrogen-bond donors (Lipinski definition) is 1. The zero-order chi connectivity index (χ0) is 19.5. The predicted octanol–water partition coefficient (Wildman–Crippen LogP) is 4.43. The van der Waals surface area contributed by atoms with Crippen LogP contribution in [0.15, 0.2) is 66.7 Å². The van der Waals surface area contributed by atoms with E-state index < -0.39 is 0 Å². The molecule has 1 N–H and O–H groups in total. The van der Waals surface area contributed by atoms with E-state index in [0.29, 0.717) is 17.6 Å². The number of hydrogen-bond acceptors (Lipinski definition) is 3. The van der Waals surface area contributed by atoms with Crippen molar-refractivity contribution in [1.29, 1.82) is 0 Å². The zero-order valence-corrected chi connectivity index (χ0v) is 15.4. The van der Waals surface area contributed by atoms with Gasteiger partial charge in [0.25, 0.3) is 5.91 Å². The third-order valence-corrected chi connectivity index (χ3v) is 4.64. The number of benzene rings is 3. The molecule has 0 atom stereocenters. The van der Waals surface area contributed by atoms with Gasteiger partial charge in [-0.05, 0) is 60.0 Å². The largest absolute Gasteiger partial charge is 0.322 e. The van der Waals surface area contributed by atoms with Crippen molar-refractivity contribution in [3.63, 3.8) is 0 Å². The van der Waals surface area contributed by atoms with Crippen molar-refractivity contribution in [2.75, 3.05) is 5.32 Å². The standard InChI is InChI=1S/C22H19FN4O/c1-2-15-5-10-19(11-6-15)24-22(28)17-7-12-21-20(13-17)25-26-27(21)14-16-3-8-18(23)9-4-16/h3-13H,2,14H2,1H3,(H,24,28). The molecule has 4 aromatic rings. The summed E-state index contributed by atoms with van der Waals surface area (Å²) in [5.74, 6) is -0.466. The van der Waals surface area contributed by atoms with Crippen LogP contribution in [0, 0.1) is 5.82 Å². The highest BCUT2D eigenvalue weighted by molar-refractivity contribution is 6.05. The monoisotopic (exact) mass is 374 g/mol. The van der Waals surface area contributed by atoms with E-state index in [1.807, 2.05) is 30.3 Å². The molecule has 0 saturated carbocycles. The van der Waals surface area contributed by atoms with Gasteiger partial charge in [-0.1, -0.05) is 36.4 Å². The fourth-order valence-corrected chi connectivity index (χ4v) is 3.02. The van der Waals surface area contributed by atoms with Crippen LogP contribution in [0.4, 0.5) is 10.1 Å². The summed E-state index contributed by atoms with van der Waals surface area (Å²) in [6.45, 7) is 2.57. The Labute approximate surface area is 161 Å². The van der Waals surface area contributed by atoms with E-state index in [2.05, 4.69) is 22.6 Å². The molecule has 1 heterocycles. The van der Waals surface area contributed by atoms with Gasteiger partial charge in [0.15, 0.2) is 0 Å². The lowest BCUT2D eigenvalue weighted by atomic mass is 10.1. The van der Waals surface area contributed by atoms with Crippen molar-refractivity contribution in [2.24, 2.45) is 0 Å². The van der Waals surface area contributed by atoms with E-state index in [9.17, 15) is 9.18 Å². The number of nitrogens with one attached hydrogen (secondary N) is 1. The summed E-state index contributed by atoms with van der Waals surface area (Å²) >= 11 is 0. The second-order valence-corrected chi connectivity index (χ2v) is 6.58. The molecule has 5 nitrogen and oxygen atoms in total. The van der Waals surface area contributed by atoms with E-state index in [1.54, 1.807) is 28.9 Å². The maximum atomic E-state index is 13.1. The van der Waals surface area contributed by atoms with E-state index in [0.717, 1.165) is 23.2 Å². The molecule has 0 aliphatic heterocycles. The second kappa shape index (κ2) is 7.60. The van der Waals surface area contributed by atoms with E-state index in [4.69, 9.17) is 0 Å². The first-order valence-corrected chi connectivity index (χ1v) is 9.10. The molecule has 0 saturated heterocycles. The van der Waals surface area contributed by atoms with Gasteiger partial charge in [-0.15, -0.1) is 5.10 Å². The van der Waals surface area contributed by atoms with Crippen LogP contribution in [0.5, 0.6) is 0 Å². The van der Waals surface area contributed by atoms with Crippen molar-refractivity contribution in [1.82, 2.24) is 15.0 Å². The molecule has 1 aromatic heterocycles. The summed E-state index contributed by atoms with van der Waals surface area (Å²) in [5, 5.41) is 11.2. The summed E-state index contributed by atoms with van der Waals surface area (Å²) in [5.41, 5.74) is 4.86. The van der Waals surface area contributed by atoms with Crippen LogP contribution in [0.25, 0.3) is 11.0 Å². The van der Waals surface area contributed by atoms with Crippen molar-refractivity contribution in [3.05, 3.63) is 89.2 Å². The molecule has 1 amide bonds. The molecule has 140 valence electrons. The van der Waals surface area contributed by atoms with Crippen LogP contribution < -0.4 is 5.32 Å². The summed E-state index contributed by atoms with van der Waals surface area (Å²) in [6.07, 6.45) is 0.957. The summed E-state index contributed by atoms with van der Waals surface area (Å²) in [6, 6.07) is 19.4. The van der Waals surface area contributed by atoms with Gasteiger partial charge in [-0.2, -0.15) is 0 Å². The Kier molecular flexibility index (Phi) is 4.85. The second-order valence-electron chi connectivity index (χ2n) is 6.58. The number of nitrogens with zero attached hydrogens (tertiary/aromatic N) is 3. The average Bonchev–Trinajstić information content (AvgIpc) is 3.12. The Morgan fingerprint density at radius 3 is 2.43 bits per heavy atom. The smallest absolute Gasteiger partial charge is 0.255 e. The molecule has 0 fully saturated rings. The number of anilines is 1. The Hall–Kier alpha value is -3.54. The van der Waals surface area contributed by atoms with Gasteiger partial charge >= 0.3 is 0 Å². The third-order valence-electron chi connectivity index (χ3n) is 4.64. The zero-order valence-electron chi connectivity index (χ0n) is 15.4. The lowest BCUT2D eigenvalue weighted by Crippen LogP contribution is -2.11. The maximum absolute atomic E-state index is 13.1. The minimum absolute atomic E-state index is 0.195. The summed E-state index contributed by atoms with van der Waals surface area (Å²) in [4.78, 5) is 12.5. The first kappa shape index (κ1) is 17.9. The maximum Gasteiger partial charge on any atom is 0.255 e. The van der Waals surface area contributed by atoms with Crippen LogP contribution in [-0.4, -0.2) is 20.9 Å². The number of rotatable bonds is 5. The fourth-order valence-electron chi connectivity index (χ4n) is 3.02. The number of fused-ring (bicyclic) bond motifs is 1. The average molecular weight is 374 g/mol. The van der Waals surface area contributed by atoms with Gasteiger partial charge in [0, 0.05) is 11.3 Å². The Balaban J connectivity index is 1.52. The lowest BCUT2D eigenvalue weighted by molar-refractivity contribution is 0.102. The number of halogens is 1. The molecule has 0 aliphatic carbocycles. The lowest BCUT2D eigenvalue weighted by Gasteiger charge is -2.07. The molecule has 6 heteroatoms. The molecule has 4 rings (SSSR count). The van der Waals surface area contributed by atoms with E-state index in [1.165, 1.54) is 17.7 Å². The first-order chi connectivity index (χ1) is 13.6. The normalized spacial score (nSPS) is 10.9. The number of aryl methyl sites for hydroxylation is 1. The van der Waals surface area contributed by atoms with Crippen LogP contribution >= 0.6 is 0 Å². The molecule has 0 aliphatic rings. The van der Waals surface area contributed by atoms with Crippen LogP contribution in [0.2, 0.25) is 0 Å². The molecule has 0 spiro atoms. The molecular formula is C22H19FN4O. The highest BCUT2D eigenvalue weighted by Crippen LogP contribution is 2.17. The van der Waals surface area contributed by atoms with Gasteiger partial charge in [0.1, 0.15) is 11.3 Å². The van der Waals surface area contributed by atoms with Crippen molar-refractivity contribution in [2.45, 2.75) is 19.9 Å². The quantitative estimate of drug-likeness (QED) is 0.562. The molecule has 0 unspecified atom stereocenters. The molecular weight excluding hydrogens is 355 g/mol. The summed E-state index contributed by atoms with van der Waals surface area (Å²) < 4.78 is 14.8. The highest BCUT2D eigenvalue weighted by Gasteiger charge is 2.11. The van der Waals surface area contributed by atoms with Crippen LogP contribution in [0.1, 0.15) is 28.4 Å². The number of carbonyl (C=O) groups excluding carboxylic acids is 1. The number of carbonyl (C=O) groups is 1. The van der Waals surface area contributed by atoms with Gasteiger partial charge in [-0.25, -0.2) is 9.07 Å². The van der Waals surface area contributed by atoms with Gasteiger partial charge < -0.3 is 5.32 Å². The minimum Gasteiger partial charge on any atom is -0.322 e. The van der Waals surface area contributed by atoms with Crippen molar-refractivity contribution < 1.29 is 9.18 Å². The Bertz CT molecular complexity index is 1120. The minimum atomic E-state index is -0.271. The van der Waals surface area contributed by atoms with Crippen LogP contribution in [-0.2, 0) is 13.0 Å².